The van der Waals surface area contributed by atoms with Crippen molar-refractivity contribution in [1.29, 1.82) is 0 Å². The van der Waals surface area contributed by atoms with Gasteiger partial charge in [0.1, 0.15) is 5.82 Å². The highest BCUT2D eigenvalue weighted by Crippen LogP contribution is 2.45. The van der Waals surface area contributed by atoms with E-state index in [0.29, 0.717) is 6.54 Å². The molecule has 1 fully saturated rings. The molecule has 0 bridgehead atoms. The third-order valence-electron chi connectivity index (χ3n) is 5.24. The van der Waals surface area contributed by atoms with Crippen molar-refractivity contribution in [2.75, 3.05) is 18.0 Å². The van der Waals surface area contributed by atoms with Crippen LogP contribution in [0.4, 0.5) is 5.82 Å². The molecular weight excluding hydrogens is 312 g/mol. The van der Waals surface area contributed by atoms with Crippen LogP contribution in [-0.2, 0) is 0 Å². The number of piperidine rings is 1. The Morgan fingerprint density at radius 2 is 1.76 bits per heavy atom. The molecule has 25 heavy (non-hydrogen) atoms. The Balaban J connectivity index is 1.84. The molecule has 2 aliphatic rings. The summed E-state index contributed by atoms with van der Waals surface area (Å²) in [5.74, 6) is 0.897. The lowest BCUT2D eigenvalue weighted by molar-refractivity contribution is 0.104. The van der Waals surface area contributed by atoms with E-state index in [4.69, 9.17) is 4.98 Å². The number of hydrogen-bond acceptors (Lipinski definition) is 4. The zero-order chi connectivity index (χ0) is 17.0. The third kappa shape index (κ3) is 2.11. The van der Waals surface area contributed by atoms with Crippen molar-refractivity contribution in [2.45, 2.75) is 18.9 Å². The number of aliphatic hydroxyl groups is 1. The van der Waals surface area contributed by atoms with E-state index in [1.54, 1.807) is 0 Å². The summed E-state index contributed by atoms with van der Waals surface area (Å²) in [6.07, 6.45) is 1.41. The van der Waals surface area contributed by atoms with Gasteiger partial charge in [0.15, 0.2) is 5.78 Å². The molecule has 0 amide bonds. The molecule has 2 aromatic carbocycles. The maximum Gasteiger partial charge on any atom is 0.195 e. The molecule has 0 radical (unpaired) electrons. The largest absolute Gasteiger partial charge is 0.391 e. The number of β-amino-alcohol motifs (C(OH)–C–C–N with tert-alkyl or cyclic N) is 1. The first-order valence-electron chi connectivity index (χ1n) is 8.74. The van der Waals surface area contributed by atoms with Crippen LogP contribution < -0.4 is 4.90 Å². The van der Waals surface area contributed by atoms with Gasteiger partial charge in [0.2, 0.25) is 0 Å². The molecule has 1 aliphatic carbocycles. The molecule has 0 saturated carbocycles. The Labute approximate surface area is 145 Å². The van der Waals surface area contributed by atoms with Gasteiger partial charge >= 0.3 is 0 Å². The molecule has 4 heteroatoms. The number of fused-ring (bicyclic) bond motifs is 5. The van der Waals surface area contributed by atoms with Gasteiger partial charge in [-0.2, -0.15) is 0 Å². The van der Waals surface area contributed by atoms with E-state index in [9.17, 15) is 9.90 Å². The minimum absolute atomic E-state index is 0.0722. The molecule has 1 aliphatic heterocycles. The van der Waals surface area contributed by atoms with Crippen molar-refractivity contribution in [3.05, 3.63) is 59.7 Å². The quantitative estimate of drug-likeness (QED) is 0.581. The van der Waals surface area contributed by atoms with E-state index in [1.807, 2.05) is 48.5 Å². The van der Waals surface area contributed by atoms with Crippen LogP contribution in [0.3, 0.4) is 0 Å². The summed E-state index contributed by atoms with van der Waals surface area (Å²) in [4.78, 5) is 20.1. The van der Waals surface area contributed by atoms with Gasteiger partial charge in [0.25, 0.3) is 0 Å². The highest BCUT2D eigenvalue weighted by Gasteiger charge is 2.34. The van der Waals surface area contributed by atoms with Gasteiger partial charge in [-0.05, 0) is 24.5 Å². The van der Waals surface area contributed by atoms with Gasteiger partial charge in [-0.25, -0.2) is 4.98 Å². The number of carbonyl (C=O) groups is 1. The summed E-state index contributed by atoms with van der Waals surface area (Å²) in [5.41, 5.74) is 4.21. The molecule has 2 heterocycles. The van der Waals surface area contributed by atoms with Crippen molar-refractivity contribution in [3.8, 4) is 11.1 Å². The molecule has 1 unspecified atom stereocenters. The minimum Gasteiger partial charge on any atom is -0.391 e. The van der Waals surface area contributed by atoms with Crippen LogP contribution in [0.2, 0.25) is 0 Å². The van der Waals surface area contributed by atoms with E-state index in [-0.39, 0.29) is 11.9 Å². The molecule has 1 atom stereocenters. The van der Waals surface area contributed by atoms with Gasteiger partial charge in [-0.3, -0.25) is 4.79 Å². The summed E-state index contributed by atoms with van der Waals surface area (Å²) < 4.78 is 0. The lowest BCUT2D eigenvalue weighted by Crippen LogP contribution is -2.39. The van der Waals surface area contributed by atoms with E-state index in [0.717, 1.165) is 58.4 Å². The Morgan fingerprint density at radius 3 is 2.60 bits per heavy atom. The molecule has 0 spiro atoms. The van der Waals surface area contributed by atoms with Gasteiger partial charge < -0.3 is 10.0 Å². The Kier molecular flexibility index (Phi) is 3.15. The second kappa shape index (κ2) is 5.39. The van der Waals surface area contributed by atoms with E-state index in [2.05, 4.69) is 4.90 Å². The molecule has 3 aromatic rings. The number of carbonyl (C=O) groups excluding carboxylic acids is 1. The first kappa shape index (κ1) is 14.6. The van der Waals surface area contributed by atoms with Crippen LogP contribution in [0.5, 0.6) is 0 Å². The van der Waals surface area contributed by atoms with E-state index in [1.165, 1.54) is 0 Å². The fourth-order valence-corrected chi connectivity index (χ4v) is 4.10. The predicted octanol–water partition coefficient (Wildman–Crippen LogP) is 3.41. The monoisotopic (exact) mass is 330 g/mol. The van der Waals surface area contributed by atoms with Gasteiger partial charge in [-0.1, -0.05) is 42.5 Å². The Hall–Kier alpha value is -2.72. The second-order valence-electron chi connectivity index (χ2n) is 6.82. The molecule has 1 N–H and O–H groups in total. The SMILES string of the molecule is O=C1c2ccccc2-c2c(N3CCCC(O)C3)nc3ccccc3c21. The maximum atomic E-state index is 13.1. The predicted molar refractivity (Wildman–Crippen MR) is 98.1 cm³/mol. The van der Waals surface area contributed by atoms with Crippen LogP contribution in [0.25, 0.3) is 22.0 Å². The summed E-state index contributed by atoms with van der Waals surface area (Å²) in [5, 5.41) is 11.0. The van der Waals surface area contributed by atoms with Crippen molar-refractivity contribution < 1.29 is 9.90 Å². The number of anilines is 1. The van der Waals surface area contributed by atoms with Crippen LogP contribution in [-0.4, -0.2) is 35.1 Å². The maximum absolute atomic E-state index is 13.1. The van der Waals surface area contributed by atoms with Crippen molar-refractivity contribution in [3.63, 3.8) is 0 Å². The highest BCUT2D eigenvalue weighted by atomic mass is 16.3. The van der Waals surface area contributed by atoms with Crippen molar-refractivity contribution in [2.24, 2.45) is 0 Å². The second-order valence-corrected chi connectivity index (χ2v) is 6.82. The smallest absolute Gasteiger partial charge is 0.195 e. The zero-order valence-electron chi connectivity index (χ0n) is 13.8. The fraction of sp³-hybridized carbons (Fsp3) is 0.238. The average molecular weight is 330 g/mol. The zero-order valence-corrected chi connectivity index (χ0v) is 13.8. The number of benzene rings is 2. The van der Waals surface area contributed by atoms with E-state index < -0.39 is 0 Å². The number of aliphatic hydroxyl groups excluding tert-OH is 1. The molecule has 1 aromatic heterocycles. The number of ketones is 1. The number of aromatic nitrogens is 1. The summed E-state index contributed by atoms with van der Waals surface area (Å²) >= 11 is 0. The fourth-order valence-electron chi connectivity index (χ4n) is 4.10. The van der Waals surface area contributed by atoms with Crippen LogP contribution in [0.1, 0.15) is 28.8 Å². The third-order valence-corrected chi connectivity index (χ3v) is 5.24. The molecular formula is C21H18N2O2. The van der Waals surface area contributed by atoms with Gasteiger partial charge in [-0.15, -0.1) is 0 Å². The topological polar surface area (TPSA) is 53.4 Å². The van der Waals surface area contributed by atoms with Crippen LogP contribution in [0.15, 0.2) is 48.5 Å². The lowest BCUT2D eigenvalue weighted by atomic mass is 10.0. The first-order chi connectivity index (χ1) is 12.2. The lowest BCUT2D eigenvalue weighted by Gasteiger charge is -2.32. The molecule has 1 saturated heterocycles. The molecule has 124 valence electrons. The van der Waals surface area contributed by atoms with Gasteiger partial charge in [0, 0.05) is 35.2 Å². The normalized spacial score (nSPS) is 19.2. The Bertz CT molecular complexity index is 1010. The van der Waals surface area contributed by atoms with Gasteiger partial charge in [0.05, 0.1) is 11.6 Å². The number of rotatable bonds is 1. The van der Waals surface area contributed by atoms with Crippen molar-refractivity contribution in [1.82, 2.24) is 4.98 Å². The molecule has 5 rings (SSSR count). The summed E-state index contributed by atoms with van der Waals surface area (Å²) in [6, 6.07) is 15.6. The van der Waals surface area contributed by atoms with Crippen molar-refractivity contribution >= 4 is 22.5 Å². The number of pyridine rings is 1. The van der Waals surface area contributed by atoms with E-state index >= 15 is 0 Å². The number of nitrogens with zero attached hydrogens (tertiary/aromatic N) is 2. The van der Waals surface area contributed by atoms with Crippen LogP contribution >= 0.6 is 0 Å². The van der Waals surface area contributed by atoms with Crippen LogP contribution in [0, 0.1) is 0 Å². The average Bonchev–Trinajstić information content (AvgIpc) is 2.95. The molecule has 4 nitrogen and oxygen atoms in total. The summed E-state index contributed by atoms with van der Waals surface area (Å²) in [7, 11) is 0. The summed E-state index contributed by atoms with van der Waals surface area (Å²) in [6.45, 7) is 1.42. The standard InChI is InChI=1S/C21H18N2O2/c24-13-6-5-11-23(12-13)21-19-14-7-1-2-8-15(14)20(25)18(19)16-9-3-4-10-17(16)22-21/h1-4,7-10,13,24H,5-6,11-12H2. The number of para-hydroxylation sites is 1. The Morgan fingerprint density at radius 1 is 1.00 bits per heavy atom. The number of hydrogen-bond donors (Lipinski definition) is 1. The first-order valence-corrected chi connectivity index (χ1v) is 8.74. The highest BCUT2D eigenvalue weighted by molar-refractivity contribution is 6.28. The minimum atomic E-state index is -0.343.